The van der Waals surface area contributed by atoms with E-state index in [9.17, 15) is 4.79 Å². The average molecular weight is 219 g/mol. The van der Waals surface area contributed by atoms with E-state index in [0.29, 0.717) is 10.4 Å². The lowest BCUT2D eigenvalue weighted by Crippen LogP contribution is -2.18. The van der Waals surface area contributed by atoms with E-state index in [1.54, 1.807) is 7.05 Å². The van der Waals surface area contributed by atoms with Crippen LogP contribution in [0.25, 0.3) is 0 Å². The molecule has 0 spiro atoms. The zero-order chi connectivity index (χ0) is 8.43. The van der Waals surface area contributed by atoms with Gasteiger partial charge in [0.15, 0.2) is 0 Å². The second-order valence-corrected chi connectivity index (χ2v) is 2.82. The number of aryl methyl sites for hydroxylation is 1. The molecule has 0 unspecified atom stereocenters. The fourth-order valence-electron chi connectivity index (χ4n) is 0.635. The number of hydrogen-bond donors (Lipinski definition) is 0. The van der Waals surface area contributed by atoms with E-state index in [2.05, 4.69) is 21.0 Å². The van der Waals surface area contributed by atoms with Crippen LogP contribution in [0.15, 0.2) is 15.3 Å². The Balaban J connectivity index is 3.32. The molecule has 0 saturated carbocycles. The highest BCUT2D eigenvalue weighted by Crippen LogP contribution is 2.17. The number of methoxy groups -OCH3 is 1. The number of rotatable bonds is 1. The van der Waals surface area contributed by atoms with Gasteiger partial charge in [0.05, 0.1) is 11.6 Å². The molecule has 60 valence electrons. The molecule has 4 nitrogen and oxygen atoms in total. The normalized spacial score (nSPS) is 9.73. The van der Waals surface area contributed by atoms with E-state index in [4.69, 9.17) is 4.74 Å². The van der Waals surface area contributed by atoms with Gasteiger partial charge in [-0.25, -0.2) is 4.68 Å². The van der Waals surface area contributed by atoms with Crippen molar-refractivity contribution in [3.05, 3.63) is 20.9 Å². The second-order valence-electron chi connectivity index (χ2n) is 1.96. The predicted molar refractivity (Wildman–Crippen MR) is 43.7 cm³/mol. The van der Waals surface area contributed by atoms with Crippen molar-refractivity contribution in [3.8, 4) is 5.88 Å². The molecule has 0 aliphatic heterocycles. The van der Waals surface area contributed by atoms with Crippen LogP contribution in [0.4, 0.5) is 0 Å². The smallest absolute Gasteiger partial charge is 0.267 e. The van der Waals surface area contributed by atoms with Gasteiger partial charge in [0.1, 0.15) is 0 Å². The van der Waals surface area contributed by atoms with E-state index in [0.717, 1.165) is 0 Å². The summed E-state index contributed by atoms with van der Waals surface area (Å²) < 4.78 is 6.65. The van der Waals surface area contributed by atoms with E-state index in [1.807, 2.05) is 0 Å². The van der Waals surface area contributed by atoms with Crippen molar-refractivity contribution in [2.75, 3.05) is 7.11 Å². The van der Waals surface area contributed by atoms with Gasteiger partial charge < -0.3 is 4.74 Å². The molecule has 0 bridgehead atoms. The Bertz CT molecular complexity index is 321. The number of nitrogens with zero attached hydrogens (tertiary/aromatic N) is 2. The van der Waals surface area contributed by atoms with Crippen LogP contribution in [0.2, 0.25) is 0 Å². The molecular formula is C6H7BrN2O2. The van der Waals surface area contributed by atoms with Crippen LogP contribution in [0.5, 0.6) is 5.88 Å². The SMILES string of the molecule is COc1nn(C)c(=O)cc1Br. The van der Waals surface area contributed by atoms with Crippen LogP contribution in [-0.4, -0.2) is 16.9 Å². The minimum Gasteiger partial charge on any atom is -0.479 e. The standard InChI is InChI=1S/C6H7BrN2O2/c1-9-5(10)3-4(7)6(8-9)11-2/h3H,1-2H3. The van der Waals surface area contributed by atoms with E-state index in [1.165, 1.54) is 17.9 Å². The molecule has 1 aromatic heterocycles. The van der Waals surface area contributed by atoms with Crippen LogP contribution >= 0.6 is 15.9 Å². The summed E-state index contributed by atoms with van der Waals surface area (Å²) in [6, 6.07) is 1.41. The quantitative estimate of drug-likeness (QED) is 0.692. The first-order valence-electron chi connectivity index (χ1n) is 2.93. The molecule has 0 fully saturated rings. The van der Waals surface area contributed by atoms with Gasteiger partial charge in [-0.3, -0.25) is 4.79 Å². The number of hydrogen-bond acceptors (Lipinski definition) is 3. The Morgan fingerprint density at radius 3 is 2.91 bits per heavy atom. The van der Waals surface area contributed by atoms with Gasteiger partial charge in [0.2, 0.25) is 5.88 Å². The lowest BCUT2D eigenvalue weighted by Gasteiger charge is -2.01. The third-order valence-corrected chi connectivity index (χ3v) is 1.78. The van der Waals surface area contributed by atoms with Crippen molar-refractivity contribution in [1.29, 1.82) is 0 Å². The highest BCUT2D eigenvalue weighted by molar-refractivity contribution is 9.10. The summed E-state index contributed by atoms with van der Waals surface area (Å²) in [6.07, 6.45) is 0. The molecule has 1 heterocycles. The molecule has 5 heteroatoms. The topological polar surface area (TPSA) is 44.1 Å². The third kappa shape index (κ3) is 1.59. The Labute approximate surface area is 71.9 Å². The lowest BCUT2D eigenvalue weighted by atomic mass is 10.5. The summed E-state index contributed by atoms with van der Waals surface area (Å²) in [5, 5.41) is 3.83. The van der Waals surface area contributed by atoms with Crippen molar-refractivity contribution < 1.29 is 4.74 Å². The maximum absolute atomic E-state index is 10.9. The molecule has 1 rings (SSSR count). The molecular weight excluding hydrogens is 212 g/mol. The molecule has 0 aliphatic rings. The summed E-state index contributed by atoms with van der Waals surface area (Å²) in [5.74, 6) is 0.409. The average Bonchev–Trinajstić information content (AvgIpc) is 1.97. The zero-order valence-electron chi connectivity index (χ0n) is 6.17. The monoisotopic (exact) mass is 218 g/mol. The fourth-order valence-corrected chi connectivity index (χ4v) is 1.07. The first kappa shape index (κ1) is 8.26. The summed E-state index contributed by atoms with van der Waals surface area (Å²) >= 11 is 3.14. The Hall–Kier alpha value is -0.840. The molecule has 0 aliphatic carbocycles. The van der Waals surface area contributed by atoms with Crippen molar-refractivity contribution >= 4 is 15.9 Å². The van der Waals surface area contributed by atoms with E-state index in [-0.39, 0.29) is 5.56 Å². The predicted octanol–water partition coefficient (Wildman–Crippen LogP) is 0.551. The number of ether oxygens (including phenoxy) is 1. The first-order chi connectivity index (χ1) is 5.15. The van der Waals surface area contributed by atoms with Gasteiger partial charge in [-0.1, -0.05) is 0 Å². The Morgan fingerprint density at radius 1 is 1.73 bits per heavy atom. The van der Waals surface area contributed by atoms with Crippen LogP contribution in [0.3, 0.4) is 0 Å². The summed E-state index contributed by atoms with van der Waals surface area (Å²) in [7, 11) is 3.06. The van der Waals surface area contributed by atoms with Crippen LogP contribution in [0.1, 0.15) is 0 Å². The zero-order valence-corrected chi connectivity index (χ0v) is 7.75. The summed E-state index contributed by atoms with van der Waals surface area (Å²) in [4.78, 5) is 10.9. The fraction of sp³-hybridized carbons (Fsp3) is 0.333. The first-order valence-corrected chi connectivity index (χ1v) is 3.72. The van der Waals surface area contributed by atoms with Gasteiger partial charge in [-0.15, -0.1) is 5.10 Å². The minimum atomic E-state index is -0.169. The van der Waals surface area contributed by atoms with Gasteiger partial charge in [0, 0.05) is 13.1 Å². The highest BCUT2D eigenvalue weighted by Gasteiger charge is 2.02. The van der Waals surface area contributed by atoms with Gasteiger partial charge in [-0.2, -0.15) is 0 Å². The largest absolute Gasteiger partial charge is 0.479 e. The van der Waals surface area contributed by atoms with Crippen LogP contribution in [-0.2, 0) is 7.05 Å². The second kappa shape index (κ2) is 3.04. The molecule has 0 amide bonds. The summed E-state index contributed by atoms with van der Waals surface area (Å²) in [5.41, 5.74) is -0.169. The molecule has 0 N–H and O–H groups in total. The number of aromatic nitrogens is 2. The lowest BCUT2D eigenvalue weighted by molar-refractivity contribution is 0.379. The molecule has 0 radical (unpaired) electrons. The van der Waals surface area contributed by atoms with E-state index >= 15 is 0 Å². The van der Waals surface area contributed by atoms with E-state index < -0.39 is 0 Å². The minimum absolute atomic E-state index is 0.169. The van der Waals surface area contributed by atoms with Gasteiger partial charge >= 0.3 is 0 Å². The number of halogens is 1. The molecule has 0 saturated heterocycles. The molecule has 0 aromatic carbocycles. The molecule has 1 aromatic rings. The summed E-state index contributed by atoms with van der Waals surface area (Å²) in [6.45, 7) is 0. The van der Waals surface area contributed by atoms with Gasteiger partial charge in [0.25, 0.3) is 5.56 Å². The molecule has 11 heavy (non-hydrogen) atoms. The van der Waals surface area contributed by atoms with Crippen molar-refractivity contribution in [1.82, 2.24) is 9.78 Å². The van der Waals surface area contributed by atoms with Crippen molar-refractivity contribution in [2.45, 2.75) is 0 Å². The van der Waals surface area contributed by atoms with Crippen molar-refractivity contribution in [2.24, 2.45) is 7.05 Å². The van der Waals surface area contributed by atoms with Crippen LogP contribution in [0, 0.1) is 0 Å². The van der Waals surface area contributed by atoms with Crippen LogP contribution < -0.4 is 10.3 Å². The van der Waals surface area contributed by atoms with Crippen molar-refractivity contribution in [3.63, 3.8) is 0 Å². The maximum Gasteiger partial charge on any atom is 0.267 e. The Morgan fingerprint density at radius 2 is 2.36 bits per heavy atom. The van der Waals surface area contributed by atoms with Gasteiger partial charge in [-0.05, 0) is 15.9 Å². The third-order valence-electron chi connectivity index (χ3n) is 1.21. The highest BCUT2D eigenvalue weighted by atomic mass is 79.9. The Kier molecular flexibility index (Phi) is 2.28. The maximum atomic E-state index is 10.9. The molecule has 0 atom stereocenters.